The molecule has 1 saturated carbocycles. The van der Waals surface area contributed by atoms with Gasteiger partial charge in [0.15, 0.2) is 0 Å². The first-order chi connectivity index (χ1) is 8.25. The maximum Gasteiger partial charge on any atom is 0.0291 e. The predicted octanol–water partition coefficient (Wildman–Crippen LogP) is 4.23. The molecule has 0 heterocycles. The summed E-state index contributed by atoms with van der Waals surface area (Å²) in [7, 11) is 0. The topological polar surface area (TPSA) is 12.0 Å². The first kappa shape index (κ1) is 12.6. The fraction of sp³-hybridized carbons (Fsp3) is 0.625. The minimum absolute atomic E-state index is 0.484. The van der Waals surface area contributed by atoms with Crippen LogP contribution in [0.25, 0.3) is 0 Å². The van der Waals surface area contributed by atoms with E-state index in [9.17, 15) is 0 Å². The Labute approximate surface area is 106 Å². The first-order valence-corrected chi connectivity index (χ1v) is 7.05. The van der Waals surface area contributed by atoms with E-state index in [0.717, 1.165) is 5.92 Å². The molecule has 1 atom stereocenters. The van der Waals surface area contributed by atoms with Gasteiger partial charge < -0.3 is 5.32 Å². The number of hydrogen-bond acceptors (Lipinski definition) is 1. The molecule has 0 aromatic heterocycles. The minimum atomic E-state index is 0.484. The van der Waals surface area contributed by atoms with Crippen LogP contribution in [0.5, 0.6) is 0 Å². The van der Waals surface area contributed by atoms with Crippen LogP contribution in [0, 0.1) is 12.8 Å². The zero-order valence-corrected chi connectivity index (χ0v) is 11.2. The van der Waals surface area contributed by atoms with Gasteiger partial charge in [-0.2, -0.15) is 0 Å². The fourth-order valence-corrected chi connectivity index (χ4v) is 2.71. The lowest BCUT2D eigenvalue weighted by atomic mass is 9.89. The van der Waals surface area contributed by atoms with Crippen molar-refractivity contribution in [3.63, 3.8) is 0 Å². The maximum atomic E-state index is 3.69. The number of nitrogens with one attached hydrogen (secondary N) is 1. The van der Waals surface area contributed by atoms with Crippen molar-refractivity contribution < 1.29 is 0 Å². The summed E-state index contributed by atoms with van der Waals surface area (Å²) in [5, 5.41) is 3.69. The SMILES string of the molecule is Cc1ccc(C(C)NCC2CCCCC2)cc1. The highest BCUT2D eigenvalue weighted by atomic mass is 14.9. The van der Waals surface area contributed by atoms with Crippen LogP contribution in [0.2, 0.25) is 0 Å². The Morgan fingerprint density at radius 3 is 2.41 bits per heavy atom. The average Bonchev–Trinajstić information content (AvgIpc) is 2.38. The number of aryl methyl sites for hydroxylation is 1. The third-order valence-corrected chi connectivity index (χ3v) is 4.01. The Morgan fingerprint density at radius 2 is 1.76 bits per heavy atom. The molecule has 1 heteroatoms. The number of rotatable bonds is 4. The first-order valence-electron chi connectivity index (χ1n) is 7.05. The van der Waals surface area contributed by atoms with E-state index in [0.29, 0.717) is 6.04 Å². The standard InChI is InChI=1S/C16H25N/c1-13-8-10-16(11-9-13)14(2)17-12-15-6-4-3-5-7-15/h8-11,14-15,17H,3-7,12H2,1-2H3. The van der Waals surface area contributed by atoms with Gasteiger partial charge in [-0.3, -0.25) is 0 Å². The van der Waals surface area contributed by atoms with Gasteiger partial charge in [0.2, 0.25) is 0 Å². The Morgan fingerprint density at radius 1 is 1.12 bits per heavy atom. The van der Waals surface area contributed by atoms with Crippen molar-refractivity contribution in [1.29, 1.82) is 0 Å². The van der Waals surface area contributed by atoms with Gasteiger partial charge in [0.25, 0.3) is 0 Å². The number of benzene rings is 1. The van der Waals surface area contributed by atoms with E-state index >= 15 is 0 Å². The zero-order chi connectivity index (χ0) is 12.1. The molecule has 1 aromatic carbocycles. The quantitative estimate of drug-likeness (QED) is 0.818. The molecule has 1 unspecified atom stereocenters. The molecule has 1 aliphatic carbocycles. The molecule has 0 spiro atoms. The molecule has 0 bridgehead atoms. The highest BCUT2D eigenvalue weighted by molar-refractivity contribution is 5.23. The van der Waals surface area contributed by atoms with Gasteiger partial charge in [-0.25, -0.2) is 0 Å². The molecule has 0 radical (unpaired) electrons. The van der Waals surface area contributed by atoms with Crippen molar-refractivity contribution in [3.8, 4) is 0 Å². The normalized spacial score (nSPS) is 19.2. The summed E-state index contributed by atoms with van der Waals surface area (Å²) in [5.41, 5.74) is 2.75. The summed E-state index contributed by atoms with van der Waals surface area (Å²) in [6.45, 7) is 5.60. The monoisotopic (exact) mass is 231 g/mol. The molecule has 94 valence electrons. The second-order valence-corrected chi connectivity index (χ2v) is 5.54. The van der Waals surface area contributed by atoms with E-state index in [-0.39, 0.29) is 0 Å². The van der Waals surface area contributed by atoms with E-state index in [1.54, 1.807) is 0 Å². The van der Waals surface area contributed by atoms with Gasteiger partial charge in [-0.05, 0) is 44.7 Å². The summed E-state index contributed by atoms with van der Waals surface area (Å²) >= 11 is 0. The van der Waals surface area contributed by atoms with Crippen molar-refractivity contribution in [2.45, 2.75) is 52.0 Å². The second kappa shape index (κ2) is 6.20. The van der Waals surface area contributed by atoms with Crippen molar-refractivity contribution in [3.05, 3.63) is 35.4 Å². The van der Waals surface area contributed by atoms with Crippen LogP contribution < -0.4 is 5.32 Å². The molecule has 0 saturated heterocycles. The van der Waals surface area contributed by atoms with Crippen LogP contribution >= 0.6 is 0 Å². The summed E-state index contributed by atoms with van der Waals surface area (Å²) < 4.78 is 0. The lowest BCUT2D eigenvalue weighted by molar-refractivity contribution is 0.331. The molecular weight excluding hydrogens is 206 g/mol. The van der Waals surface area contributed by atoms with Crippen molar-refractivity contribution in [2.24, 2.45) is 5.92 Å². The third-order valence-electron chi connectivity index (χ3n) is 4.01. The summed E-state index contributed by atoms with van der Waals surface area (Å²) in [5.74, 6) is 0.914. The molecule has 17 heavy (non-hydrogen) atoms. The lowest BCUT2D eigenvalue weighted by Gasteiger charge is -2.24. The largest absolute Gasteiger partial charge is 0.310 e. The molecule has 0 amide bonds. The predicted molar refractivity (Wildman–Crippen MR) is 74.2 cm³/mol. The average molecular weight is 231 g/mol. The molecule has 1 aromatic rings. The molecule has 1 aliphatic rings. The third kappa shape index (κ3) is 3.85. The Balaban J connectivity index is 1.80. The van der Waals surface area contributed by atoms with Gasteiger partial charge in [0, 0.05) is 6.04 Å². The Bertz CT molecular complexity index is 322. The molecule has 0 aliphatic heterocycles. The molecule has 2 rings (SSSR count). The summed E-state index contributed by atoms with van der Waals surface area (Å²) in [6.07, 6.45) is 7.17. The van der Waals surface area contributed by atoms with Crippen molar-refractivity contribution in [2.75, 3.05) is 6.54 Å². The highest BCUT2D eigenvalue weighted by Gasteiger charge is 2.14. The van der Waals surface area contributed by atoms with Gasteiger partial charge in [-0.1, -0.05) is 49.1 Å². The van der Waals surface area contributed by atoms with Crippen LogP contribution in [0.3, 0.4) is 0 Å². The van der Waals surface area contributed by atoms with Gasteiger partial charge in [-0.15, -0.1) is 0 Å². The van der Waals surface area contributed by atoms with E-state index in [2.05, 4.69) is 43.4 Å². The van der Waals surface area contributed by atoms with E-state index in [4.69, 9.17) is 0 Å². The van der Waals surface area contributed by atoms with Crippen LogP contribution in [0.4, 0.5) is 0 Å². The van der Waals surface area contributed by atoms with Crippen LogP contribution in [0.1, 0.15) is 56.2 Å². The van der Waals surface area contributed by atoms with Crippen molar-refractivity contribution in [1.82, 2.24) is 5.32 Å². The van der Waals surface area contributed by atoms with Gasteiger partial charge in [0.05, 0.1) is 0 Å². The fourth-order valence-electron chi connectivity index (χ4n) is 2.71. The van der Waals surface area contributed by atoms with Crippen LogP contribution in [-0.4, -0.2) is 6.54 Å². The van der Waals surface area contributed by atoms with Crippen LogP contribution in [-0.2, 0) is 0 Å². The minimum Gasteiger partial charge on any atom is -0.310 e. The molecule has 1 nitrogen and oxygen atoms in total. The Hall–Kier alpha value is -0.820. The van der Waals surface area contributed by atoms with E-state index < -0.39 is 0 Å². The molecule has 1 fully saturated rings. The second-order valence-electron chi connectivity index (χ2n) is 5.54. The molecular formula is C16H25N. The van der Waals surface area contributed by atoms with Crippen molar-refractivity contribution >= 4 is 0 Å². The van der Waals surface area contributed by atoms with E-state index in [1.165, 1.54) is 49.8 Å². The maximum absolute atomic E-state index is 3.69. The van der Waals surface area contributed by atoms with Gasteiger partial charge >= 0.3 is 0 Å². The smallest absolute Gasteiger partial charge is 0.0291 e. The zero-order valence-electron chi connectivity index (χ0n) is 11.2. The Kier molecular flexibility index (Phi) is 4.61. The number of hydrogen-bond donors (Lipinski definition) is 1. The van der Waals surface area contributed by atoms with Crippen LogP contribution in [0.15, 0.2) is 24.3 Å². The highest BCUT2D eigenvalue weighted by Crippen LogP contribution is 2.23. The lowest BCUT2D eigenvalue weighted by Crippen LogP contribution is -2.27. The van der Waals surface area contributed by atoms with Gasteiger partial charge in [0.1, 0.15) is 0 Å². The van der Waals surface area contributed by atoms with E-state index in [1.807, 2.05) is 0 Å². The molecule has 1 N–H and O–H groups in total. The summed E-state index contributed by atoms with van der Waals surface area (Å²) in [4.78, 5) is 0. The summed E-state index contributed by atoms with van der Waals surface area (Å²) in [6, 6.07) is 9.38.